The summed E-state index contributed by atoms with van der Waals surface area (Å²) < 4.78 is 5.86. The Hall–Kier alpha value is -4.98. The van der Waals surface area contributed by atoms with Crippen molar-refractivity contribution >= 4 is 62.5 Å². The maximum absolute atomic E-state index is 6.34. The summed E-state index contributed by atoms with van der Waals surface area (Å²) in [6.07, 6.45) is 8.97. The second kappa shape index (κ2) is 11.5. The third-order valence-electron chi connectivity index (χ3n) is 8.15. The predicted molar refractivity (Wildman–Crippen MR) is 183 cm³/mol. The molecule has 1 aliphatic carbocycles. The normalized spacial score (nSPS) is 20.7. The van der Waals surface area contributed by atoms with Crippen LogP contribution in [-0.4, -0.2) is 22.0 Å². The average Bonchev–Trinajstić information content (AvgIpc) is 3.47. The van der Waals surface area contributed by atoms with E-state index in [1.165, 1.54) is 11.1 Å². The number of hydrogen-bond acceptors (Lipinski definition) is 7. The van der Waals surface area contributed by atoms with Crippen molar-refractivity contribution in [3.8, 4) is 11.1 Å². The number of hydrogen-bond donors (Lipinski definition) is 2. The molecule has 2 aromatic heterocycles. The topological polar surface area (TPSA) is 87.2 Å². The Kier molecular flexibility index (Phi) is 7.05. The van der Waals surface area contributed by atoms with Gasteiger partial charge < -0.3 is 15.1 Å². The summed E-state index contributed by atoms with van der Waals surface area (Å²) in [5.74, 6) is 2.34. The number of alkyl halides is 1. The molecule has 7 nitrogen and oxygen atoms in total. The number of aliphatic imine (C=N–C) groups is 3. The lowest BCUT2D eigenvalue weighted by molar-refractivity contribution is 0.537. The van der Waals surface area contributed by atoms with Gasteiger partial charge in [-0.2, -0.15) is 0 Å². The fourth-order valence-corrected chi connectivity index (χ4v) is 6.31. The van der Waals surface area contributed by atoms with Gasteiger partial charge in [0.05, 0.1) is 11.1 Å². The Balaban J connectivity index is 1.09. The van der Waals surface area contributed by atoms with E-state index in [0.717, 1.165) is 45.7 Å². The molecule has 0 bridgehead atoms. The van der Waals surface area contributed by atoms with Crippen LogP contribution in [-0.2, 0) is 0 Å². The molecule has 0 radical (unpaired) electrons. The molecule has 0 saturated heterocycles. The smallest absolute Gasteiger partial charge is 0.228 e. The van der Waals surface area contributed by atoms with Crippen LogP contribution >= 0.6 is 23.2 Å². The highest BCUT2D eigenvalue weighted by Gasteiger charge is 2.27. The van der Waals surface area contributed by atoms with Crippen molar-refractivity contribution in [3.05, 3.63) is 138 Å². The van der Waals surface area contributed by atoms with Gasteiger partial charge in [-0.15, -0.1) is 0 Å². The Morgan fingerprint density at radius 1 is 0.778 bits per heavy atom. The van der Waals surface area contributed by atoms with Gasteiger partial charge in [0, 0.05) is 23.2 Å². The van der Waals surface area contributed by atoms with Crippen molar-refractivity contribution in [2.45, 2.75) is 18.1 Å². The molecule has 9 heteroatoms. The molecule has 4 heterocycles. The van der Waals surface area contributed by atoms with Gasteiger partial charge in [-0.25, -0.2) is 20.0 Å². The van der Waals surface area contributed by atoms with Gasteiger partial charge in [-0.3, -0.25) is 0 Å². The molecular weight excluding hydrogens is 603 g/mol. The van der Waals surface area contributed by atoms with E-state index in [1.807, 2.05) is 30.3 Å². The van der Waals surface area contributed by atoms with E-state index in [-0.39, 0.29) is 17.4 Å². The number of rotatable bonds is 5. The number of nitrogens with zero attached hydrogens (tertiary/aromatic N) is 4. The second-order valence-electron chi connectivity index (χ2n) is 11.0. The van der Waals surface area contributed by atoms with Crippen LogP contribution in [0.4, 0.5) is 5.69 Å². The number of amidine groups is 3. The lowest BCUT2D eigenvalue weighted by Gasteiger charge is -2.26. The van der Waals surface area contributed by atoms with E-state index in [0.29, 0.717) is 17.2 Å². The first-order valence-corrected chi connectivity index (χ1v) is 15.5. The summed E-state index contributed by atoms with van der Waals surface area (Å²) >= 11 is 12.5. The van der Waals surface area contributed by atoms with Crippen LogP contribution in [0.2, 0.25) is 0 Å². The monoisotopic (exact) mass is 628 g/mol. The van der Waals surface area contributed by atoms with Crippen molar-refractivity contribution in [1.29, 1.82) is 0 Å². The summed E-state index contributed by atoms with van der Waals surface area (Å²) in [6.45, 7) is 0. The molecular formula is C36H26Cl2N6O. The largest absolute Gasteiger partial charge is 0.437 e. The van der Waals surface area contributed by atoms with Crippen LogP contribution in [0.3, 0.4) is 0 Å². The minimum Gasteiger partial charge on any atom is -0.437 e. The highest BCUT2D eigenvalue weighted by atomic mass is 35.5. The van der Waals surface area contributed by atoms with Gasteiger partial charge in [0.1, 0.15) is 11.7 Å². The number of fused-ring (bicyclic) bond motifs is 3. The molecule has 3 aliphatic rings. The van der Waals surface area contributed by atoms with Crippen LogP contribution in [0.1, 0.15) is 40.5 Å². The van der Waals surface area contributed by atoms with E-state index >= 15 is 0 Å². The van der Waals surface area contributed by atoms with Crippen molar-refractivity contribution in [1.82, 2.24) is 10.3 Å². The first kappa shape index (κ1) is 27.6. The molecule has 3 aromatic carbocycles. The van der Waals surface area contributed by atoms with Gasteiger partial charge in [0.15, 0.2) is 22.7 Å². The SMILES string of the molecule is ClC1=NC(Cl)c2oc3ncc(-c4ccc(C5N=C(c6ccccc6)NC(C6C=CC(c7ccccc7)=CC6)=N5)cc4)cc3c2N1. The van der Waals surface area contributed by atoms with Crippen molar-refractivity contribution in [2.24, 2.45) is 20.9 Å². The molecule has 220 valence electrons. The fraction of sp³-hybridized carbons (Fsp3) is 0.111. The minimum absolute atomic E-state index is 0.117. The van der Waals surface area contributed by atoms with Gasteiger partial charge >= 0.3 is 0 Å². The van der Waals surface area contributed by atoms with Gasteiger partial charge in [-0.1, -0.05) is 115 Å². The highest BCUT2D eigenvalue weighted by molar-refractivity contribution is 6.68. The van der Waals surface area contributed by atoms with Crippen LogP contribution < -0.4 is 10.6 Å². The maximum Gasteiger partial charge on any atom is 0.228 e. The van der Waals surface area contributed by atoms with E-state index in [4.69, 9.17) is 37.6 Å². The lowest BCUT2D eigenvalue weighted by Crippen LogP contribution is -2.39. The van der Waals surface area contributed by atoms with E-state index in [9.17, 15) is 0 Å². The Labute approximate surface area is 269 Å². The number of allylic oxidation sites excluding steroid dienone is 3. The molecule has 3 unspecified atom stereocenters. The van der Waals surface area contributed by atoms with Crippen LogP contribution in [0.15, 0.2) is 135 Å². The number of benzene rings is 3. The van der Waals surface area contributed by atoms with Crippen molar-refractivity contribution in [3.63, 3.8) is 0 Å². The van der Waals surface area contributed by atoms with E-state index in [1.54, 1.807) is 6.20 Å². The quantitative estimate of drug-likeness (QED) is 0.150. The zero-order chi connectivity index (χ0) is 30.3. The standard InChI is InChI=1S/C36H26Cl2N6O/c37-31-30-29(40-36(38)41-31)28-19-27(20-39-35(28)45-30)23-13-17-26(18-14-23)34-43-32(24-9-5-2-6-10-24)42-33(44-34)25-15-11-22(12-16-25)21-7-3-1-4-8-21/h1-15,17-20,25,31,34H,16H2,(H,40,41)(H,42,43,44). The van der Waals surface area contributed by atoms with Crippen LogP contribution in [0.5, 0.6) is 0 Å². The van der Waals surface area contributed by atoms with Gasteiger partial charge in [0.25, 0.3) is 0 Å². The highest BCUT2D eigenvalue weighted by Crippen LogP contribution is 2.41. The summed E-state index contributed by atoms with van der Waals surface area (Å²) in [4.78, 5) is 18.8. The minimum atomic E-state index is -0.700. The number of pyridine rings is 1. The molecule has 2 aliphatic heterocycles. The summed E-state index contributed by atoms with van der Waals surface area (Å²) in [5.41, 5.74) is 6.86. The fourth-order valence-electron chi connectivity index (χ4n) is 5.81. The molecule has 8 rings (SSSR count). The first-order valence-electron chi connectivity index (χ1n) is 14.7. The lowest BCUT2D eigenvalue weighted by atomic mass is 9.91. The molecule has 0 fully saturated rings. The molecule has 3 atom stereocenters. The van der Waals surface area contributed by atoms with E-state index in [2.05, 4.69) is 99.5 Å². The Morgan fingerprint density at radius 3 is 2.27 bits per heavy atom. The number of anilines is 1. The van der Waals surface area contributed by atoms with Gasteiger partial charge in [-0.05, 0) is 46.4 Å². The number of halogens is 2. The summed E-state index contributed by atoms with van der Waals surface area (Å²) in [7, 11) is 0. The Bertz CT molecular complexity index is 2060. The first-order chi connectivity index (χ1) is 22.1. The number of aromatic nitrogens is 1. The summed E-state index contributed by atoms with van der Waals surface area (Å²) in [5, 5.41) is 7.61. The zero-order valence-electron chi connectivity index (χ0n) is 23.9. The Morgan fingerprint density at radius 2 is 1.53 bits per heavy atom. The molecule has 0 spiro atoms. The third-order valence-corrected chi connectivity index (χ3v) is 8.64. The molecule has 2 N–H and O–H groups in total. The molecule has 45 heavy (non-hydrogen) atoms. The molecule has 5 aromatic rings. The van der Waals surface area contributed by atoms with Crippen molar-refractivity contribution in [2.75, 3.05) is 5.32 Å². The molecule has 0 amide bonds. The molecule has 0 saturated carbocycles. The third kappa shape index (κ3) is 5.35. The van der Waals surface area contributed by atoms with Crippen LogP contribution in [0, 0.1) is 5.92 Å². The summed E-state index contributed by atoms with van der Waals surface area (Å²) in [6, 6.07) is 31.0. The predicted octanol–water partition coefficient (Wildman–Crippen LogP) is 8.86. The van der Waals surface area contributed by atoms with Crippen LogP contribution in [0.25, 0.3) is 27.8 Å². The van der Waals surface area contributed by atoms with Crippen molar-refractivity contribution < 1.29 is 4.42 Å². The second-order valence-corrected chi connectivity index (χ2v) is 11.8. The van der Waals surface area contributed by atoms with Gasteiger partial charge in [0.2, 0.25) is 5.71 Å². The van der Waals surface area contributed by atoms with E-state index < -0.39 is 5.50 Å². The maximum atomic E-state index is 6.34. The number of furan rings is 1. The average molecular weight is 630 g/mol. The zero-order valence-corrected chi connectivity index (χ0v) is 25.4. The number of nitrogens with one attached hydrogen (secondary N) is 2.